The fourth-order valence-electron chi connectivity index (χ4n) is 2.13. The number of benzene rings is 2. The van der Waals surface area contributed by atoms with Crippen molar-refractivity contribution in [3.63, 3.8) is 0 Å². The molecule has 0 unspecified atom stereocenters. The molecule has 3 N–H and O–H groups in total. The number of ketones is 1. The van der Waals surface area contributed by atoms with Gasteiger partial charge in [0.25, 0.3) is 0 Å². The highest BCUT2D eigenvalue weighted by atomic mass is 32.1. The summed E-state index contributed by atoms with van der Waals surface area (Å²) in [5.41, 5.74) is 8.95. The average molecular weight is 335 g/mol. The molecule has 0 aliphatic rings. The minimum Gasteiger partial charge on any atom is -0.382 e. The average Bonchev–Trinajstić information content (AvgIpc) is 2.96. The Bertz CT molecular complexity index is 867. The summed E-state index contributed by atoms with van der Waals surface area (Å²) in [5, 5.41) is 3.78. The van der Waals surface area contributed by atoms with Crippen molar-refractivity contribution in [2.45, 2.75) is 6.92 Å². The third kappa shape index (κ3) is 3.88. The van der Waals surface area contributed by atoms with Crippen LogP contribution in [-0.4, -0.2) is 10.8 Å². The van der Waals surface area contributed by atoms with E-state index in [1.54, 1.807) is 6.08 Å². The molecule has 1 aromatic heterocycles. The molecule has 0 aliphatic heterocycles. The molecule has 0 spiro atoms. The number of carbonyl (C=O) groups is 1. The highest BCUT2D eigenvalue weighted by Gasteiger charge is 2.14. The lowest BCUT2D eigenvalue weighted by atomic mass is 10.2. The molecule has 0 aliphatic carbocycles. The largest absolute Gasteiger partial charge is 0.382 e. The number of rotatable bonds is 5. The molecule has 4 nitrogen and oxygen atoms in total. The molecule has 0 saturated heterocycles. The number of aryl methyl sites for hydroxylation is 1. The van der Waals surface area contributed by atoms with Gasteiger partial charge in [-0.2, -0.15) is 0 Å². The van der Waals surface area contributed by atoms with Crippen LogP contribution in [0.15, 0.2) is 60.7 Å². The Hall–Kier alpha value is -2.92. The SMILES string of the molecule is Cc1ccc(Nc2nc(N)c(C(=O)/C=C/c3ccccc3)s2)cc1. The normalized spacial score (nSPS) is 10.9. The number of nitrogens with zero attached hydrogens (tertiary/aromatic N) is 1. The predicted octanol–water partition coefficient (Wildman–Crippen LogP) is 4.67. The lowest BCUT2D eigenvalue weighted by molar-refractivity contribution is 0.105. The molecule has 0 atom stereocenters. The zero-order chi connectivity index (χ0) is 16.9. The number of nitrogens with one attached hydrogen (secondary N) is 1. The molecular formula is C19H17N3OS. The standard InChI is InChI=1S/C19H17N3OS/c1-13-7-10-15(11-8-13)21-19-22-18(20)17(24-19)16(23)12-9-14-5-3-2-4-6-14/h2-12H,20H2,1H3,(H,21,22)/b12-9+. The Kier molecular flexibility index (Phi) is 4.72. The number of hydrogen-bond donors (Lipinski definition) is 2. The Balaban J connectivity index is 1.74. The van der Waals surface area contributed by atoms with E-state index in [0.29, 0.717) is 10.0 Å². The van der Waals surface area contributed by atoms with Crippen molar-refractivity contribution in [1.82, 2.24) is 4.98 Å². The van der Waals surface area contributed by atoms with Gasteiger partial charge >= 0.3 is 0 Å². The molecule has 24 heavy (non-hydrogen) atoms. The summed E-state index contributed by atoms with van der Waals surface area (Å²) in [6, 6.07) is 17.6. The van der Waals surface area contributed by atoms with E-state index in [1.807, 2.05) is 61.5 Å². The van der Waals surface area contributed by atoms with Gasteiger partial charge in [0.1, 0.15) is 10.7 Å². The highest BCUT2D eigenvalue weighted by Crippen LogP contribution is 2.28. The summed E-state index contributed by atoms with van der Waals surface area (Å²) in [6.45, 7) is 2.03. The van der Waals surface area contributed by atoms with Crippen LogP contribution in [0.4, 0.5) is 16.6 Å². The lowest BCUT2D eigenvalue weighted by Crippen LogP contribution is -1.97. The zero-order valence-corrected chi connectivity index (χ0v) is 14.0. The third-order valence-electron chi connectivity index (χ3n) is 3.41. The number of anilines is 3. The van der Waals surface area contributed by atoms with E-state index < -0.39 is 0 Å². The third-order valence-corrected chi connectivity index (χ3v) is 4.41. The first-order chi connectivity index (χ1) is 11.6. The molecule has 3 rings (SSSR count). The van der Waals surface area contributed by atoms with Gasteiger partial charge in [-0.05, 0) is 30.7 Å². The first-order valence-corrected chi connectivity index (χ1v) is 8.31. The number of allylic oxidation sites excluding steroid dienone is 1. The Morgan fingerprint density at radius 2 is 1.83 bits per heavy atom. The van der Waals surface area contributed by atoms with Gasteiger partial charge in [-0.1, -0.05) is 65.4 Å². The molecule has 0 fully saturated rings. The van der Waals surface area contributed by atoms with Gasteiger partial charge in [0.15, 0.2) is 10.9 Å². The van der Waals surface area contributed by atoms with Crippen LogP contribution in [0.2, 0.25) is 0 Å². The lowest BCUT2D eigenvalue weighted by Gasteiger charge is -2.01. The second-order valence-electron chi connectivity index (χ2n) is 5.33. The van der Waals surface area contributed by atoms with Crippen LogP contribution in [-0.2, 0) is 0 Å². The van der Waals surface area contributed by atoms with Crippen LogP contribution in [0, 0.1) is 6.92 Å². The number of aromatic nitrogens is 1. The fraction of sp³-hybridized carbons (Fsp3) is 0.0526. The summed E-state index contributed by atoms with van der Waals surface area (Å²) in [5.74, 6) is 0.100. The van der Waals surface area contributed by atoms with Crippen molar-refractivity contribution in [2.75, 3.05) is 11.1 Å². The summed E-state index contributed by atoms with van der Waals surface area (Å²) in [6.07, 6.45) is 3.30. The van der Waals surface area contributed by atoms with Gasteiger partial charge in [0.2, 0.25) is 0 Å². The maximum absolute atomic E-state index is 12.3. The van der Waals surface area contributed by atoms with Gasteiger partial charge in [0, 0.05) is 5.69 Å². The van der Waals surface area contributed by atoms with Crippen molar-refractivity contribution in [2.24, 2.45) is 0 Å². The van der Waals surface area contributed by atoms with Crippen molar-refractivity contribution in [3.05, 3.63) is 76.7 Å². The summed E-state index contributed by atoms with van der Waals surface area (Å²) in [4.78, 5) is 17.0. The monoisotopic (exact) mass is 335 g/mol. The highest BCUT2D eigenvalue weighted by molar-refractivity contribution is 7.18. The molecule has 0 amide bonds. The number of nitrogen functional groups attached to an aromatic ring is 1. The molecule has 1 heterocycles. The minimum atomic E-state index is -0.147. The second-order valence-corrected chi connectivity index (χ2v) is 6.33. The van der Waals surface area contributed by atoms with Crippen LogP contribution in [0.1, 0.15) is 20.8 Å². The summed E-state index contributed by atoms with van der Waals surface area (Å²) in [7, 11) is 0. The van der Waals surface area contributed by atoms with Gasteiger partial charge in [0.05, 0.1) is 0 Å². The van der Waals surface area contributed by atoms with E-state index in [2.05, 4.69) is 10.3 Å². The van der Waals surface area contributed by atoms with Crippen LogP contribution in [0.25, 0.3) is 6.08 Å². The second kappa shape index (κ2) is 7.10. The van der Waals surface area contributed by atoms with Gasteiger partial charge in [-0.15, -0.1) is 0 Å². The smallest absolute Gasteiger partial charge is 0.199 e. The number of hydrogen-bond acceptors (Lipinski definition) is 5. The minimum absolute atomic E-state index is 0.147. The van der Waals surface area contributed by atoms with Crippen LogP contribution in [0.3, 0.4) is 0 Å². The van der Waals surface area contributed by atoms with Gasteiger partial charge < -0.3 is 11.1 Å². The van der Waals surface area contributed by atoms with Crippen molar-refractivity contribution >= 4 is 39.8 Å². The maximum atomic E-state index is 12.3. The predicted molar refractivity (Wildman–Crippen MR) is 101 cm³/mol. The molecular weight excluding hydrogens is 318 g/mol. The summed E-state index contributed by atoms with van der Waals surface area (Å²) < 4.78 is 0. The first-order valence-electron chi connectivity index (χ1n) is 7.49. The quantitative estimate of drug-likeness (QED) is 0.525. The number of thiazole rings is 1. The van der Waals surface area contributed by atoms with Crippen LogP contribution in [0.5, 0.6) is 0 Å². The van der Waals surface area contributed by atoms with E-state index in [-0.39, 0.29) is 11.6 Å². The Morgan fingerprint density at radius 1 is 1.12 bits per heavy atom. The molecule has 0 bridgehead atoms. The van der Waals surface area contributed by atoms with E-state index in [1.165, 1.54) is 23.0 Å². The van der Waals surface area contributed by atoms with Crippen molar-refractivity contribution < 1.29 is 4.79 Å². The van der Waals surface area contributed by atoms with E-state index in [0.717, 1.165) is 11.3 Å². The van der Waals surface area contributed by atoms with Crippen molar-refractivity contribution in [1.29, 1.82) is 0 Å². The first kappa shape index (κ1) is 16.0. The van der Waals surface area contributed by atoms with Crippen LogP contribution >= 0.6 is 11.3 Å². The zero-order valence-electron chi connectivity index (χ0n) is 13.2. The maximum Gasteiger partial charge on any atom is 0.199 e. The molecule has 5 heteroatoms. The van der Waals surface area contributed by atoms with E-state index >= 15 is 0 Å². The van der Waals surface area contributed by atoms with Crippen LogP contribution < -0.4 is 11.1 Å². The molecule has 2 aromatic carbocycles. The van der Waals surface area contributed by atoms with Crippen molar-refractivity contribution in [3.8, 4) is 0 Å². The molecule has 0 saturated carbocycles. The summed E-state index contributed by atoms with van der Waals surface area (Å²) >= 11 is 1.25. The molecule has 120 valence electrons. The number of nitrogens with two attached hydrogens (primary N) is 1. The Labute approximate surface area is 144 Å². The van der Waals surface area contributed by atoms with Gasteiger partial charge in [-0.25, -0.2) is 4.98 Å². The number of carbonyl (C=O) groups excluding carboxylic acids is 1. The fourth-order valence-corrected chi connectivity index (χ4v) is 2.96. The molecule has 0 radical (unpaired) electrons. The Morgan fingerprint density at radius 3 is 2.54 bits per heavy atom. The van der Waals surface area contributed by atoms with Gasteiger partial charge in [-0.3, -0.25) is 4.79 Å². The van der Waals surface area contributed by atoms with E-state index in [9.17, 15) is 4.79 Å². The topological polar surface area (TPSA) is 68.0 Å². The van der Waals surface area contributed by atoms with E-state index in [4.69, 9.17) is 5.73 Å². The molecule has 3 aromatic rings.